The van der Waals surface area contributed by atoms with Gasteiger partial charge in [-0.05, 0) is 24.6 Å². The van der Waals surface area contributed by atoms with Gasteiger partial charge in [-0.15, -0.1) is 0 Å². The van der Waals surface area contributed by atoms with E-state index >= 15 is 0 Å². The number of benzene rings is 1. The zero-order valence-corrected chi connectivity index (χ0v) is 11.2. The van der Waals surface area contributed by atoms with E-state index < -0.39 is 17.9 Å². The fourth-order valence-corrected chi connectivity index (χ4v) is 1.83. The lowest BCUT2D eigenvalue weighted by Gasteiger charge is -2.11. The Morgan fingerprint density at radius 3 is 2.86 bits per heavy atom. The number of H-pyrrole nitrogens is 1. The van der Waals surface area contributed by atoms with Crippen molar-refractivity contribution in [2.24, 2.45) is 5.73 Å². The van der Waals surface area contributed by atoms with Crippen LogP contribution in [0.15, 0.2) is 36.5 Å². The van der Waals surface area contributed by atoms with Gasteiger partial charge in [0.2, 0.25) is 5.91 Å². The highest BCUT2D eigenvalue weighted by atomic mass is 16.4. The third-order valence-corrected chi connectivity index (χ3v) is 2.95. The first-order valence-electron chi connectivity index (χ1n) is 6.44. The van der Waals surface area contributed by atoms with Crippen molar-refractivity contribution in [2.75, 3.05) is 5.32 Å². The second-order valence-electron chi connectivity index (χ2n) is 4.58. The molecule has 2 rings (SSSR count). The minimum Gasteiger partial charge on any atom is -0.481 e. The van der Waals surface area contributed by atoms with E-state index in [9.17, 15) is 9.59 Å². The molecule has 0 radical (unpaired) electrons. The first kappa shape index (κ1) is 14.7. The van der Waals surface area contributed by atoms with Gasteiger partial charge in [-0.3, -0.25) is 14.7 Å². The summed E-state index contributed by atoms with van der Waals surface area (Å²) in [5, 5.41) is 18.0. The molecule has 7 nitrogen and oxygen atoms in total. The van der Waals surface area contributed by atoms with Crippen molar-refractivity contribution >= 4 is 17.6 Å². The number of carbonyl (C=O) groups excluding carboxylic acids is 1. The largest absolute Gasteiger partial charge is 0.481 e. The third-order valence-electron chi connectivity index (χ3n) is 2.95. The fourth-order valence-electron chi connectivity index (χ4n) is 1.83. The van der Waals surface area contributed by atoms with Crippen LogP contribution in [0, 0.1) is 0 Å². The van der Waals surface area contributed by atoms with Crippen molar-refractivity contribution in [2.45, 2.75) is 18.9 Å². The van der Waals surface area contributed by atoms with Crippen molar-refractivity contribution in [3.8, 4) is 11.3 Å². The molecule has 0 aliphatic rings. The molecule has 110 valence electrons. The molecule has 0 bridgehead atoms. The normalized spacial score (nSPS) is 11.9. The molecule has 1 amide bonds. The maximum Gasteiger partial charge on any atom is 0.303 e. The summed E-state index contributed by atoms with van der Waals surface area (Å²) < 4.78 is 0. The van der Waals surface area contributed by atoms with E-state index in [4.69, 9.17) is 10.8 Å². The van der Waals surface area contributed by atoms with Gasteiger partial charge < -0.3 is 16.2 Å². The third kappa shape index (κ3) is 4.15. The Bertz CT molecular complexity index is 625. The second-order valence-corrected chi connectivity index (χ2v) is 4.58. The van der Waals surface area contributed by atoms with Gasteiger partial charge in [0, 0.05) is 23.9 Å². The average molecular weight is 288 g/mol. The standard InChI is InChI=1S/C14H16N4O3/c15-11(4-5-13(19)20)14(21)17-10-3-1-2-9(8-10)12-6-7-16-18-12/h1-3,6-8,11H,4-5,15H2,(H,16,18)(H,17,21)(H,19,20). The molecule has 1 aromatic carbocycles. The molecule has 0 aliphatic carbocycles. The van der Waals surface area contributed by atoms with E-state index in [2.05, 4.69) is 15.5 Å². The Morgan fingerprint density at radius 2 is 2.19 bits per heavy atom. The van der Waals surface area contributed by atoms with E-state index in [1.807, 2.05) is 12.1 Å². The number of anilines is 1. The highest BCUT2D eigenvalue weighted by Gasteiger charge is 2.15. The molecule has 1 heterocycles. The lowest BCUT2D eigenvalue weighted by atomic mass is 10.1. The number of nitrogens with one attached hydrogen (secondary N) is 2. The average Bonchev–Trinajstić information content (AvgIpc) is 2.99. The molecule has 7 heteroatoms. The molecular weight excluding hydrogens is 272 g/mol. The Balaban J connectivity index is 2.01. The van der Waals surface area contributed by atoms with Crippen LogP contribution in [0.3, 0.4) is 0 Å². The molecule has 5 N–H and O–H groups in total. The van der Waals surface area contributed by atoms with Crippen LogP contribution in [-0.2, 0) is 9.59 Å². The summed E-state index contributed by atoms with van der Waals surface area (Å²) in [4.78, 5) is 22.3. The summed E-state index contributed by atoms with van der Waals surface area (Å²) >= 11 is 0. The smallest absolute Gasteiger partial charge is 0.303 e. The zero-order valence-electron chi connectivity index (χ0n) is 11.2. The SMILES string of the molecule is NC(CCC(=O)O)C(=O)Nc1cccc(-c2ccn[nH]2)c1. The monoisotopic (exact) mass is 288 g/mol. The molecule has 1 atom stereocenters. The van der Waals surface area contributed by atoms with Crippen molar-refractivity contribution in [1.29, 1.82) is 0 Å². The Hall–Kier alpha value is -2.67. The van der Waals surface area contributed by atoms with Gasteiger partial charge in [-0.25, -0.2) is 0 Å². The number of nitrogens with two attached hydrogens (primary N) is 1. The Labute approximate surface area is 121 Å². The van der Waals surface area contributed by atoms with Crippen LogP contribution in [-0.4, -0.2) is 33.2 Å². The van der Waals surface area contributed by atoms with Crippen LogP contribution in [0.2, 0.25) is 0 Å². The Kier molecular flexibility index (Phi) is 4.68. The molecule has 0 saturated carbocycles. The van der Waals surface area contributed by atoms with E-state index in [0.717, 1.165) is 11.3 Å². The minimum absolute atomic E-state index is 0.0986. The summed E-state index contributed by atoms with van der Waals surface area (Å²) in [6, 6.07) is 8.18. The molecule has 21 heavy (non-hydrogen) atoms. The number of hydrogen-bond acceptors (Lipinski definition) is 4. The van der Waals surface area contributed by atoms with Gasteiger partial charge in [0.1, 0.15) is 0 Å². The van der Waals surface area contributed by atoms with Crippen LogP contribution in [0.5, 0.6) is 0 Å². The number of carboxylic acid groups (broad SMARTS) is 1. The molecule has 0 aliphatic heterocycles. The molecule has 1 unspecified atom stereocenters. The van der Waals surface area contributed by atoms with Crippen LogP contribution in [0.25, 0.3) is 11.3 Å². The van der Waals surface area contributed by atoms with Crippen LogP contribution in [0.4, 0.5) is 5.69 Å². The zero-order chi connectivity index (χ0) is 15.2. The van der Waals surface area contributed by atoms with Gasteiger partial charge in [-0.1, -0.05) is 12.1 Å². The van der Waals surface area contributed by atoms with Gasteiger partial charge >= 0.3 is 5.97 Å². The predicted molar refractivity (Wildman–Crippen MR) is 77.5 cm³/mol. The summed E-state index contributed by atoms with van der Waals surface area (Å²) in [5.41, 5.74) is 7.96. The first-order valence-corrected chi connectivity index (χ1v) is 6.44. The molecule has 0 fully saturated rings. The first-order chi connectivity index (χ1) is 10.1. The number of aromatic amines is 1. The number of aromatic nitrogens is 2. The lowest BCUT2D eigenvalue weighted by Crippen LogP contribution is -2.36. The summed E-state index contributed by atoms with van der Waals surface area (Å²) in [7, 11) is 0. The number of rotatable bonds is 6. The van der Waals surface area contributed by atoms with Crippen LogP contribution >= 0.6 is 0 Å². The van der Waals surface area contributed by atoms with Crippen molar-refractivity contribution in [3.63, 3.8) is 0 Å². The lowest BCUT2D eigenvalue weighted by molar-refractivity contribution is -0.137. The number of carboxylic acids is 1. The van der Waals surface area contributed by atoms with Gasteiger partial charge in [-0.2, -0.15) is 5.10 Å². The van der Waals surface area contributed by atoms with Crippen LogP contribution < -0.4 is 11.1 Å². The maximum absolute atomic E-state index is 11.9. The van der Waals surface area contributed by atoms with E-state index in [1.165, 1.54) is 0 Å². The maximum atomic E-state index is 11.9. The summed E-state index contributed by atoms with van der Waals surface area (Å²) in [6.07, 6.45) is 1.60. The number of amides is 1. The van der Waals surface area contributed by atoms with Crippen molar-refractivity contribution < 1.29 is 14.7 Å². The molecule has 0 saturated heterocycles. The van der Waals surface area contributed by atoms with Gasteiger partial charge in [0.05, 0.1) is 11.7 Å². The molecule has 2 aromatic rings. The number of nitrogens with zero attached hydrogens (tertiary/aromatic N) is 1. The highest BCUT2D eigenvalue weighted by molar-refractivity contribution is 5.95. The van der Waals surface area contributed by atoms with Crippen molar-refractivity contribution in [3.05, 3.63) is 36.5 Å². The number of carbonyl (C=O) groups is 2. The fraction of sp³-hybridized carbons (Fsp3) is 0.214. The Morgan fingerprint density at radius 1 is 1.38 bits per heavy atom. The highest BCUT2D eigenvalue weighted by Crippen LogP contribution is 2.20. The van der Waals surface area contributed by atoms with E-state index in [-0.39, 0.29) is 12.8 Å². The molecule has 0 spiro atoms. The van der Waals surface area contributed by atoms with Crippen LogP contribution in [0.1, 0.15) is 12.8 Å². The second kappa shape index (κ2) is 6.67. The van der Waals surface area contributed by atoms with Gasteiger partial charge in [0.25, 0.3) is 0 Å². The number of hydrogen-bond donors (Lipinski definition) is 4. The molecule has 1 aromatic heterocycles. The topological polar surface area (TPSA) is 121 Å². The minimum atomic E-state index is -0.973. The predicted octanol–water partition coefficient (Wildman–Crippen LogP) is 1.21. The van der Waals surface area contributed by atoms with E-state index in [1.54, 1.807) is 24.4 Å². The molecular formula is C14H16N4O3. The quantitative estimate of drug-likeness (QED) is 0.636. The number of aliphatic carboxylic acids is 1. The van der Waals surface area contributed by atoms with Crippen molar-refractivity contribution in [1.82, 2.24) is 10.2 Å². The summed E-state index contributed by atoms with van der Waals surface area (Å²) in [5.74, 6) is -1.38. The van der Waals surface area contributed by atoms with Gasteiger partial charge in [0.15, 0.2) is 0 Å². The summed E-state index contributed by atoms with van der Waals surface area (Å²) in [6.45, 7) is 0. The van der Waals surface area contributed by atoms with E-state index in [0.29, 0.717) is 5.69 Å².